The summed E-state index contributed by atoms with van der Waals surface area (Å²) in [5, 5.41) is 0. The number of nitrogens with one attached hydrogen (secondary N) is 1. The van der Waals surface area contributed by atoms with Gasteiger partial charge in [0.15, 0.2) is 0 Å². The lowest BCUT2D eigenvalue weighted by Gasteiger charge is -2.38. The molecule has 0 aromatic heterocycles. The molecule has 0 radical (unpaired) electrons. The lowest BCUT2D eigenvalue weighted by Crippen LogP contribution is -2.44. The van der Waals surface area contributed by atoms with Crippen LogP contribution >= 0.6 is 0 Å². The fourth-order valence-corrected chi connectivity index (χ4v) is 4.65. The van der Waals surface area contributed by atoms with Crippen LogP contribution in [-0.2, 0) is 10.2 Å². The summed E-state index contributed by atoms with van der Waals surface area (Å²) in [6, 6.07) is 17.1. The van der Waals surface area contributed by atoms with Gasteiger partial charge in [-0.3, -0.25) is 4.72 Å². The number of fused-ring (bicyclic) bond motifs is 1. The predicted molar refractivity (Wildman–Crippen MR) is 96.1 cm³/mol. The molecule has 1 atom stereocenters. The number of hydrogen-bond acceptors (Lipinski definition) is 2. The molecule has 0 fully saturated rings. The maximum atomic E-state index is 14.6. The first-order valence-electron chi connectivity index (χ1n) is 7.89. The Bertz CT molecular complexity index is 1090. The van der Waals surface area contributed by atoms with E-state index in [1.54, 1.807) is 30.3 Å². The Hall–Kier alpha value is -2.93. The summed E-state index contributed by atoms with van der Waals surface area (Å²) in [5.74, 6) is -1.27. The molecule has 1 unspecified atom stereocenters. The third-order valence-electron chi connectivity index (χ3n) is 4.28. The highest BCUT2D eigenvalue weighted by Gasteiger charge is 2.40. The highest BCUT2D eigenvalue weighted by molar-refractivity contribution is 7.94. The summed E-state index contributed by atoms with van der Waals surface area (Å²) >= 11 is 0. The van der Waals surface area contributed by atoms with E-state index in [0.717, 1.165) is 4.31 Å². The molecule has 1 aliphatic rings. The number of nitrogens with zero attached hydrogens (tertiary/aromatic N) is 1. The Morgan fingerprint density at radius 3 is 2.04 bits per heavy atom. The third kappa shape index (κ3) is 2.61. The van der Waals surface area contributed by atoms with Crippen molar-refractivity contribution in [3.05, 3.63) is 95.6 Å². The van der Waals surface area contributed by atoms with Gasteiger partial charge < -0.3 is 0 Å². The minimum Gasteiger partial charge on any atom is -0.266 e. The average Bonchev–Trinajstić information content (AvgIpc) is 2.61. The van der Waals surface area contributed by atoms with Crippen molar-refractivity contribution in [3.63, 3.8) is 0 Å². The van der Waals surface area contributed by atoms with Crippen LogP contribution in [0.5, 0.6) is 0 Å². The van der Waals surface area contributed by atoms with Gasteiger partial charge in [0, 0.05) is 11.1 Å². The zero-order chi connectivity index (χ0) is 18.3. The molecule has 3 aromatic rings. The fraction of sp³-hybridized carbons (Fsp3) is 0.0526. The summed E-state index contributed by atoms with van der Waals surface area (Å²) in [4.78, 5) is 0. The van der Waals surface area contributed by atoms with E-state index < -0.39 is 27.9 Å². The van der Waals surface area contributed by atoms with Gasteiger partial charge in [-0.05, 0) is 24.3 Å². The lowest BCUT2D eigenvalue weighted by atomic mass is 9.96. The van der Waals surface area contributed by atoms with Gasteiger partial charge in [0.25, 0.3) is 0 Å². The Morgan fingerprint density at radius 1 is 0.769 bits per heavy atom. The van der Waals surface area contributed by atoms with E-state index >= 15 is 0 Å². The van der Waals surface area contributed by atoms with E-state index in [0.29, 0.717) is 11.3 Å². The van der Waals surface area contributed by atoms with E-state index in [-0.39, 0.29) is 11.3 Å². The summed E-state index contributed by atoms with van der Waals surface area (Å²) < 4.78 is 58.2. The van der Waals surface area contributed by atoms with Gasteiger partial charge in [-0.1, -0.05) is 48.5 Å². The van der Waals surface area contributed by atoms with E-state index in [4.69, 9.17) is 0 Å². The molecule has 0 bridgehead atoms. The molecular weight excluding hydrogens is 358 g/mol. The molecule has 0 aliphatic carbocycles. The van der Waals surface area contributed by atoms with Gasteiger partial charge in [0.2, 0.25) is 0 Å². The topological polar surface area (TPSA) is 49.4 Å². The number of benzene rings is 3. The number of halogens is 2. The van der Waals surface area contributed by atoms with Crippen LogP contribution in [-0.4, -0.2) is 8.42 Å². The quantitative estimate of drug-likeness (QED) is 0.732. The zero-order valence-corrected chi connectivity index (χ0v) is 14.2. The van der Waals surface area contributed by atoms with E-state index in [9.17, 15) is 17.2 Å². The SMILES string of the molecule is O=S1(=O)Nc2ccccc2C(c2ccccc2F)N1c1ccccc1F. The van der Waals surface area contributed by atoms with Crippen molar-refractivity contribution in [2.24, 2.45) is 0 Å². The van der Waals surface area contributed by atoms with Crippen LogP contribution in [0.3, 0.4) is 0 Å². The van der Waals surface area contributed by atoms with Crippen LogP contribution in [0.25, 0.3) is 0 Å². The highest BCUT2D eigenvalue weighted by Crippen LogP contribution is 2.43. The van der Waals surface area contributed by atoms with Crippen LogP contribution in [0.1, 0.15) is 17.2 Å². The summed E-state index contributed by atoms with van der Waals surface area (Å²) in [6.45, 7) is 0. The maximum Gasteiger partial charge on any atom is 0.324 e. The molecular formula is C19H14F2N2O2S. The number of anilines is 2. The van der Waals surface area contributed by atoms with Crippen molar-refractivity contribution in [3.8, 4) is 0 Å². The largest absolute Gasteiger partial charge is 0.324 e. The average molecular weight is 372 g/mol. The van der Waals surface area contributed by atoms with Crippen LogP contribution in [0, 0.1) is 11.6 Å². The van der Waals surface area contributed by atoms with Crippen molar-refractivity contribution in [2.45, 2.75) is 6.04 Å². The van der Waals surface area contributed by atoms with E-state index in [1.165, 1.54) is 42.5 Å². The molecule has 1 heterocycles. The molecule has 4 nitrogen and oxygen atoms in total. The Labute approximate surface area is 149 Å². The minimum atomic E-state index is -4.15. The molecule has 26 heavy (non-hydrogen) atoms. The van der Waals surface area contributed by atoms with Gasteiger partial charge in [0.1, 0.15) is 17.7 Å². The molecule has 1 aliphatic heterocycles. The second-order valence-electron chi connectivity index (χ2n) is 5.87. The van der Waals surface area contributed by atoms with Crippen LogP contribution < -0.4 is 9.03 Å². The Kier molecular flexibility index (Phi) is 3.88. The maximum absolute atomic E-state index is 14.6. The highest BCUT2D eigenvalue weighted by atomic mass is 32.2. The monoisotopic (exact) mass is 372 g/mol. The van der Waals surface area contributed by atoms with Crippen molar-refractivity contribution in [2.75, 3.05) is 9.03 Å². The molecule has 0 saturated carbocycles. The van der Waals surface area contributed by atoms with Crippen molar-refractivity contribution in [1.82, 2.24) is 0 Å². The van der Waals surface area contributed by atoms with Crippen molar-refractivity contribution >= 4 is 21.6 Å². The van der Waals surface area contributed by atoms with Gasteiger partial charge >= 0.3 is 10.2 Å². The molecule has 132 valence electrons. The molecule has 3 aromatic carbocycles. The van der Waals surface area contributed by atoms with Crippen LogP contribution in [0.15, 0.2) is 72.8 Å². The molecule has 0 saturated heterocycles. The van der Waals surface area contributed by atoms with Crippen molar-refractivity contribution in [1.29, 1.82) is 0 Å². The van der Waals surface area contributed by atoms with Crippen LogP contribution in [0.4, 0.5) is 20.2 Å². The third-order valence-corrected chi connectivity index (χ3v) is 5.68. The number of para-hydroxylation sites is 2. The molecule has 0 spiro atoms. The predicted octanol–water partition coefficient (Wildman–Crippen LogP) is 4.23. The van der Waals surface area contributed by atoms with Gasteiger partial charge in [-0.15, -0.1) is 0 Å². The van der Waals surface area contributed by atoms with Crippen molar-refractivity contribution < 1.29 is 17.2 Å². The molecule has 1 N–H and O–H groups in total. The normalized spacial score (nSPS) is 18.1. The fourth-order valence-electron chi connectivity index (χ4n) is 3.17. The second-order valence-corrected chi connectivity index (χ2v) is 7.41. The van der Waals surface area contributed by atoms with Crippen LogP contribution in [0.2, 0.25) is 0 Å². The number of hydrogen-bond donors (Lipinski definition) is 1. The Balaban J connectivity index is 2.04. The van der Waals surface area contributed by atoms with E-state index in [2.05, 4.69) is 4.72 Å². The zero-order valence-electron chi connectivity index (χ0n) is 13.4. The molecule has 4 rings (SSSR count). The number of rotatable bonds is 2. The summed E-state index contributed by atoms with van der Waals surface area (Å²) in [7, 11) is -4.15. The lowest BCUT2D eigenvalue weighted by molar-refractivity contribution is 0.568. The standard InChI is InChI=1S/C19H14F2N2O2S/c20-15-9-3-1-7-13(15)19-14-8-2-5-11-17(14)22-26(24,25)23(19)18-12-6-4-10-16(18)21/h1-12,19,22H. The molecule has 0 amide bonds. The smallest absolute Gasteiger partial charge is 0.266 e. The van der Waals surface area contributed by atoms with E-state index in [1.807, 2.05) is 0 Å². The first-order valence-corrected chi connectivity index (χ1v) is 9.33. The van der Waals surface area contributed by atoms with Gasteiger partial charge in [-0.2, -0.15) is 8.42 Å². The summed E-state index contributed by atoms with van der Waals surface area (Å²) in [6.07, 6.45) is 0. The Morgan fingerprint density at radius 2 is 1.35 bits per heavy atom. The van der Waals surface area contributed by atoms with Gasteiger partial charge in [-0.25, -0.2) is 13.1 Å². The molecule has 7 heteroatoms. The first-order chi connectivity index (χ1) is 12.5. The second kappa shape index (κ2) is 6.10. The minimum absolute atomic E-state index is 0.147. The summed E-state index contributed by atoms with van der Waals surface area (Å²) in [5.41, 5.74) is 0.875. The van der Waals surface area contributed by atoms with Gasteiger partial charge in [0.05, 0.1) is 11.4 Å². The first kappa shape index (κ1) is 16.5.